The normalized spacial score (nSPS) is 23.1. The summed E-state index contributed by atoms with van der Waals surface area (Å²) in [6.45, 7) is 1.79. The predicted molar refractivity (Wildman–Crippen MR) is 110 cm³/mol. The van der Waals surface area contributed by atoms with E-state index >= 15 is 0 Å². The van der Waals surface area contributed by atoms with Crippen LogP contribution in [0.15, 0.2) is 84.9 Å². The number of benzene rings is 3. The molecule has 0 saturated carbocycles. The molecule has 4 nitrogen and oxygen atoms in total. The van der Waals surface area contributed by atoms with Gasteiger partial charge in [-0.05, 0) is 22.3 Å². The first-order chi connectivity index (χ1) is 14.2. The summed E-state index contributed by atoms with van der Waals surface area (Å²) in [7, 11) is 0. The largest absolute Gasteiger partial charge is 0.430 e. The predicted octanol–water partition coefficient (Wildman–Crippen LogP) is 3.22. The Hall–Kier alpha value is -2.95. The summed E-state index contributed by atoms with van der Waals surface area (Å²) in [5.74, 6) is -1.15. The molecule has 2 N–H and O–H groups in total. The van der Waals surface area contributed by atoms with Gasteiger partial charge in [-0.25, -0.2) is 4.79 Å². The third kappa shape index (κ3) is 3.05. The molecule has 4 heteroatoms. The van der Waals surface area contributed by atoms with Crippen molar-refractivity contribution in [3.63, 3.8) is 0 Å². The molecular formula is C25H24NO3+. The van der Waals surface area contributed by atoms with Crippen molar-refractivity contribution in [1.29, 1.82) is 0 Å². The summed E-state index contributed by atoms with van der Waals surface area (Å²) in [6, 6.07) is 28.0. The first-order valence-corrected chi connectivity index (χ1v) is 10.2. The first-order valence-electron chi connectivity index (χ1n) is 10.2. The first kappa shape index (κ1) is 18.1. The van der Waals surface area contributed by atoms with E-state index in [9.17, 15) is 4.79 Å². The van der Waals surface area contributed by atoms with Gasteiger partial charge in [-0.1, -0.05) is 84.9 Å². The monoisotopic (exact) mass is 386 g/mol. The van der Waals surface area contributed by atoms with Crippen molar-refractivity contribution in [3.05, 3.63) is 96.1 Å². The number of hydrogen-bond donors (Lipinski definition) is 1. The van der Waals surface area contributed by atoms with E-state index in [0.29, 0.717) is 12.8 Å². The SMILES string of the molecule is O=C1OC2(CC[NH2+]CC2)OC1(c1ccccc1)c1ccc(-c2ccccc2)cc1. The van der Waals surface area contributed by atoms with Crippen LogP contribution in [0, 0.1) is 0 Å². The van der Waals surface area contributed by atoms with Crippen molar-refractivity contribution in [2.24, 2.45) is 0 Å². The molecule has 2 heterocycles. The molecule has 2 aliphatic heterocycles. The minimum Gasteiger partial charge on any atom is -0.430 e. The lowest BCUT2D eigenvalue weighted by Gasteiger charge is -2.32. The van der Waals surface area contributed by atoms with Crippen LogP contribution in [0.1, 0.15) is 24.0 Å². The van der Waals surface area contributed by atoms with Crippen LogP contribution in [0.2, 0.25) is 0 Å². The number of carbonyl (C=O) groups is 1. The second kappa shape index (κ2) is 7.14. The van der Waals surface area contributed by atoms with Crippen molar-refractivity contribution in [2.45, 2.75) is 24.2 Å². The highest BCUT2D eigenvalue weighted by Crippen LogP contribution is 2.47. The Labute approximate surface area is 170 Å². The van der Waals surface area contributed by atoms with E-state index < -0.39 is 11.4 Å². The van der Waals surface area contributed by atoms with Gasteiger partial charge >= 0.3 is 5.97 Å². The summed E-state index contributed by atoms with van der Waals surface area (Å²) in [5.41, 5.74) is 2.63. The molecule has 2 fully saturated rings. The molecule has 3 aromatic rings. The molecule has 0 bridgehead atoms. The molecule has 1 spiro atoms. The van der Waals surface area contributed by atoms with Crippen LogP contribution >= 0.6 is 0 Å². The Kier molecular flexibility index (Phi) is 4.46. The average Bonchev–Trinajstić information content (AvgIpc) is 3.07. The summed E-state index contributed by atoms with van der Waals surface area (Å²) in [4.78, 5) is 13.4. The van der Waals surface area contributed by atoms with Crippen LogP contribution in [0.4, 0.5) is 0 Å². The number of ether oxygens (including phenoxy) is 2. The third-order valence-electron chi connectivity index (χ3n) is 5.94. The Bertz CT molecular complexity index is 995. The lowest BCUT2D eigenvalue weighted by Crippen LogP contribution is -2.88. The zero-order valence-corrected chi connectivity index (χ0v) is 16.2. The Morgan fingerprint density at radius 3 is 1.90 bits per heavy atom. The van der Waals surface area contributed by atoms with Gasteiger partial charge < -0.3 is 14.8 Å². The van der Waals surface area contributed by atoms with Crippen LogP contribution in [-0.4, -0.2) is 24.8 Å². The average molecular weight is 386 g/mol. The number of carbonyl (C=O) groups excluding carboxylic acids is 1. The van der Waals surface area contributed by atoms with Crippen molar-refractivity contribution in [3.8, 4) is 11.1 Å². The maximum absolute atomic E-state index is 13.4. The summed E-state index contributed by atoms with van der Waals surface area (Å²) < 4.78 is 12.6. The molecule has 1 unspecified atom stereocenters. The van der Waals surface area contributed by atoms with Crippen LogP contribution in [0.3, 0.4) is 0 Å². The summed E-state index contributed by atoms with van der Waals surface area (Å²) >= 11 is 0. The molecule has 1 atom stereocenters. The molecule has 146 valence electrons. The quantitative estimate of drug-likeness (QED) is 0.703. The molecule has 3 aromatic carbocycles. The molecule has 0 aliphatic carbocycles. The van der Waals surface area contributed by atoms with Crippen molar-refractivity contribution < 1.29 is 19.6 Å². The maximum atomic E-state index is 13.4. The number of quaternary nitrogens is 1. The van der Waals surface area contributed by atoms with Crippen molar-refractivity contribution in [2.75, 3.05) is 13.1 Å². The number of nitrogens with two attached hydrogens (primary N) is 1. The lowest BCUT2D eigenvalue weighted by atomic mass is 9.85. The van der Waals surface area contributed by atoms with Gasteiger partial charge in [-0.2, -0.15) is 0 Å². The zero-order valence-electron chi connectivity index (χ0n) is 16.2. The molecule has 29 heavy (non-hydrogen) atoms. The highest BCUT2D eigenvalue weighted by molar-refractivity contribution is 5.88. The molecule has 5 rings (SSSR count). The number of hydrogen-bond acceptors (Lipinski definition) is 3. The van der Waals surface area contributed by atoms with Crippen LogP contribution in [-0.2, 0) is 19.9 Å². The van der Waals surface area contributed by atoms with Gasteiger partial charge in [0.05, 0.1) is 25.9 Å². The molecule has 2 saturated heterocycles. The minimum absolute atomic E-state index is 0.321. The lowest BCUT2D eigenvalue weighted by molar-refractivity contribution is -0.672. The van der Waals surface area contributed by atoms with E-state index in [2.05, 4.69) is 17.4 Å². The summed E-state index contributed by atoms with van der Waals surface area (Å²) in [6.07, 6.45) is 1.41. The molecule has 0 radical (unpaired) electrons. The third-order valence-corrected chi connectivity index (χ3v) is 5.94. The van der Waals surface area contributed by atoms with Gasteiger partial charge in [0.25, 0.3) is 0 Å². The topological polar surface area (TPSA) is 52.1 Å². The van der Waals surface area contributed by atoms with E-state index in [1.54, 1.807) is 0 Å². The van der Waals surface area contributed by atoms with E-state index in [1.807, 2.05) is 72.8 Å². The van der Waals surface area contributed by atoms with Crippen molar-refractivity contribution in [1.82, 2.24) is 0 Å². The van der Waals surface area contributed by atoms with Crippen LogP contribution in [0.5, 0.6) is 0 Å². The Morgan fingerprint density at radius 1 is 0.690 bits per heavy atom. The Morgan fingerprint density at radius 2 is 1.24 bits per heavy atom. The fourth-order valence-electron chi connectivity index (χ4n) is 4.42. The number of rotatable bonds is 3. The van der Waals surface area contributed by atoms with Gasteiger partial charge in [0.15, 0.2) is 0 Å². The highest BCUT2D eigenvalue weighted by Gasteiger charge is 2.60. The summed E-state index contributed by atoms with van der Waals surface area (Å²) in [5, 5.41) is 2.24. The fraction of sp³-hybridized carbons (Fsp3) is 0.240. The maximum Gasteiger partial charge on any atom is 0.350 e. The van der Waals surface area contributed by atoms with Gasteiger partial charge in [-0.3, -0.25) is 0 Å². The second-order valence-corrected chi connectivity index (χ2v) is 7.76. The molecular weight excluding hydrogens is 362 g/mol. The van der Waals surface area contributed by atoms with E-state index in [-0.39, 0.29) is 5.97 Å². The van der Waals surface area contributed by atoms with Crippen LogP contribution < -0.4 is 5.32 Å². The van der Waals surface area contributed by atoms with Crippen LogP contribution in [0.25, 0.3) is 11.1 Å². The number of piperidine rings is 1. The zero-order chi connectivity index (χ0) is 19.7. The molecule has 2 aliphatic rings. The van der Waals surface area contributed by atoms with Crippen molar-refractivity contribution >= 4 is 5.97 Å². The molecule has 0 aromatic heterocycles. The number of esters is 1. The Balaban J connectivity index is 1.60. The van der Waals surface area contributed by atoms with Gasteiger partial charge in [0, 0.05) is 0 Å². The fourth-order valence-corrected chi connectivity index (χ4v) is 4.42. The molecule has 0 amide bonds. The van der Waals surface area contributed by atoms with E-state index in [1.165, 1.54) is 0 Å². The van der Waals surface area contributed by atoms with Gasteiger partial charge in [0.2, 0.25) is 11.4 Å². The van der Waals surface area contributed by atoms with Gasteiger partial charge in [-0.15, -0.1) is 0 Å². The van der Waals surface area contributed by atoms with Gasteiger partial charge in [0.1, 0.15) is 0 Å². The second-order valence-electron chi connectivity index (χ2n) is 7.76. The highest BCUT2D eigenvalue weighted by atomic mass is 16.8. The standard InChI is InChI=1S/C25H23NO3/c27-23-25(21-9-5-2-6-10-21,29-24(28-23)15-17-26-18-16-24)22-13-11-20(12-14-22)19-7-3-1-4-8-19/h1-14,26H,15-18H2/p+1. The minimum atomic E-state index is -1.23. The van der Waals surface area contributed by atoms with E-state index in [0.717, 1.165) is 35.3 Å². The smallest absolute Gasteiger partial charge is 0.350 e. The van der Waals surface area contributed by atoms with E-state index in [4.69, 9.17) is 9.47 Å².